The molecule has 0 radical (unpaired) electrons. The molecule has 0 aromatic heterocycles. The first-order valence-electron chi connectivity index (χ1n) is 23.6. The number of hydrogen-bond acceptors (Lipinski definition) is 3. The Morgan fingerprint density at radius 2 is 1.00 bits per heavy atom. The molecule has 2 N–H and O–H groups in total. The molecule has 0 saturated carbocycles. The van der Waals surface area contributed by atoms with Crippen LogP contribution in [-0.4, -0.2) is 10.2 Å². The van der Waals surface area contributed by atoms with Gasteiger partial charge in [0, 0.05) is 38.9 Å². The Hall–Kier alpha value is -8.42. The Kier molecular flexibility index (Phi) is 11.1. The number of benzene rings is 10. The van der Waals surface area contributed by atoms with Crippen molar-refractivity contribution >= 4 is 27.6 Å². The maximum atomic E-state index is 10.5. The number of aliphatic hydroxyl groups is 1. The van der Waals surface area contributed by atoms with E-state index in [-0.39, 0.29) is 0 Å². The molecular weight excluding hydrogens is 841 g/mol. The molecule has 69 heavy (non-hydrogen) atoms. The van der Waals surface area contributed by atoms with Gasteiger partial charge in [-0.15, -0.1) is 6.42 Å². The van der Waals surface area contributed by atoms with Crippen LogP contribution in [0.5, 0.6) is 11.5 Å². The van der Waals surface area contributed by atoms with Crippen molar-refractivity contribution in [3.05, 3.63) is 280 Å². The van der Waals surface area contributed by atoms with Gasteiger partial charge in [0.1, 0.15) is 11.5 Å². The van der Waals surface area contributed by atoms with E-state index in [4.69, 9.17) is 11.2 Å². The van der Waals surface area contributed by atoms with E-state index < -0.39 is 11.2 Å². The molecule has 10 aromatic carbocycles. The Morgan fingerprint density at radius 3 is 1.57 bits per heavy atom. The highest BCUT2D eigenvalue weighted by atomic mass is 16.5. The molecule has 13 rings (SSSR count). The van der Waals surface area contributed by atoms with Crippen molar-refractivity contribution < 1.29 is 14.9 Å². The lowest BCUT2D eigenvalue weighted by atomic mass is 9.82. The molecule has 332 valence electrons. The van der Waals surface area contributed by atoms with Crippen molar-refractivity contribution in [1.29, 1.82) is 0 Å². The van der Waals surface area contributed by atoms with Gasteiger partial charge in [0.05, 0.1) is 0 Å². The normalized spacial score (nSPS) is 13.2. The first-order chi connectivity index (χ1) is 33.8. The number of fused-ring (bicyclic) bond motifs is 13. The van der Waals surface area contributed by atoms with E-state index >= 15 is 0 Å². The minimum Gasteiger partial charge on any atom is -0.507 e. The second kappa shape index (κ2) is 17.7. The molecule has 0 spiro atoms. The molecule has 0 atom stereocenters. The van der Waals surface area contributed by atoms with Gasteiger partial charge in [-0.25, -0.2) is 0 Å². The van der Waals surface area contributed by atoms with Crippen LogP contribution in [0.4, 0.5) is 0 Å². The van der Waals surface area contributed by atoms with Gasteiger partial charge < -0.3 is 14.9 Å². The molecule has 0 bridgehead atoms. The summed E-state index contributed by atoms with van der Waals surface area (Å²) < 4.78 is 7.25. The van der Waals surface area contributed by atoms with E-state index in [9.17, 15) is 10.2 Å². The number of hydrogen-bond donors (Lipinski definition) is 2. The first kappa shape index (κ1) is 43.2. The third kappa shape index (κ3) is 7.57. The van der Waals surface area contributed by atoms with Gasteiger partial charge in [-0.1, -0.05) is 223 Å². The van der Waals surface area contributed by atoms with E-state index in [1.54, 1.807) is 0 Å². The Labute approximate surface area is 404 Å². The van der Waals surface area contributed by atoms with Crippen LogP contribution in [0.15, 0.2) is 218 Å². The van der Waals surface area contributed by atoms with Crippen LogP contribution in [0.2, 0.25) is 0 Å². The first-order valence-corrected chi connectivity index (χ1v) is 23.6. The van der Waals surface area contributed by atoms with E-state index in [2.05, 4.69) is 171 Å². The van der Waals surface area contributed by atoms with E-state index in [1.165, 1.54) is 71.8 Å². The quantitative estimate of drug-likeness (QED) is 0.173. The van der Waals surface area contributed by atoms with Gasteiger partial charge in [0.25, 0.3) is 0 Å². The maximum Gasteiger partial charge on any atom is 0.178 e. The van der Waals surface area contributed by atoms with E-state index in [0.29, 0.717) is 16.9 Å². The van der Waals surface area contributed by atoms with Crippen molar-refractivity contribution in [2.75, 3.05) is 0 Å². The molecular formula is C66H50O3. The Bertz CT molecular complexity index is 3540. The minimum absolute atomic E-state index is 0.401. The van der Waals surface area contributed by atoms with Gasteiger partial charge in [-0.2, -0.15) is 0 Å². The monoisotopic (exact) mass is 890 g/mol. The van der Waals surface area contributed by atoms with Crippen LogP contribution in [0, 0.1) is 26.2 Å². The number of ether oxygens (including phenoxy) is 1. The summed E-state index contributed by atoms with van der Waals surface area (Å²) in [6.07, 6.45) is 11.9. The van der Waals surface area contributed by atoms with Gasteiger partial charge >= 0.3 is 0 Å². The lowest BCUT2D eigenvalue weighted by Gasteiger charge is -2.37. The summed E-state index contributed by atoms with van der Waals surface area (Å²) in [5, 5.41) is 25.9. The fourth-order valence-electron chi connectivity index (χ4n) is 10.6. The average molecular weight is 891 g/mol. The number of phenols is 1. The summed E-state index contributed by atoms with van der Waals surface area (Å²) in [5.41, 5.74) is 15.4. The standard InChI is InChI=1S/C33H24O.C18H14O.C15H12O/c1-22-16-17-27-29(20-22)28-18-19-33(24-11-4-2-5-12-24,25-13-6-3-7-14-25)34-32(28)31-26-15-9-8-10-23(26)21-30(27)31;1-11-6-7-14-13(8-11)10-17(19)18-15-5-3-2-4-12(15)9-16(14)18;1-2-15(16,13-9-5-3-6-10-13)14-11-7-4-8-12-14/h2-20H,21H2,1H3;2-8,10,19H,9H2,1H3;1,3-12,16H. The van der Waals surface area contributed by atoms with Gasteiger partial charge in [0.15, 0.2) is 11.2 Å². The summed E-state index contributed by atoms with van der Waals surface area (Å²) in [7, 11) is 0. The molecule has 3 nitrogen and oxygen atoms in total. The largest absolute Gasteiger partial charge is 0.507 e. The fourth-order valence-corrected chi connectivity index (χ4v) is 10.6. The molecule has 1 heterocycles. The summed E-state index contributed by atoms with van der Waals surface area (Å²) in [6, 6.07) is 72.0. The zero-order valence-corrected chi connectivity index (χ0v) is 38.7. The molecule has 0 amide bonds. The molecule has 2 aliphatic carbocycles. The number of phenolic OH excluding ortho intramolecular Hbond substituents is 1. The third-order valence-corrected chi connectivity index (χ3v) is 14.0. The predicted molar refractivity (Wildman–Crippen MR) is 284 cm³/mol. The Balaban J connectivity index is 0.000000125. The highest BCUT2D eigenvalue weighted by Crippen LogP contribution is 2.54. The summed E-state index contributed by atoms with van der Waals surface area (Å²) in [4.78, 5) is 0. The number of terminal acetylenes is 1. The molecule has 0 unspecified atom stereocenters. The molecule has 0 saturated heterocycles. The van der Waals surface area contributed by atoms with E-state index in [1.807, 2.05) is 72.8 Å². The minimum atomic E-state index is -1.34. The zero-order valence-electron chi connectivity index (χ0n) is 38.7. The van der Waals surface area contributed by atoms with Crippen LogP contribution < -0.4 is 4.74 Å². The van der Waals surface area contributed by atoms with Crippen molar-refractivity contribution in [3.63, 3.8) is 0 Å². The summed E-state index contributed by atoms with van der Waals surface area (Å²) in [6.45, 7) is 4.25. The smallest absolute Gasteiger partial charge is 0.178 e. The van der Waals surface area contributed by atoms with Crippen molar-refractivity contribution in [3.8, 4) is 46.1 Å². The molecule has 0 fully saturated rings. The molecule has 3 heteroatoms. The zero-order chi connectivity index (χ0) is 47.1. The van der Waals surface area contributed by atoms with Crippen LogP contribution in [-0.2, 0) is 24.0 Å². The van der Waals surface area contributed by atoms with Crippen LogP contribution >= 0.6 is 0 Å². The number of aryl methyl sites for hydroxylation is 2. The molecule has 3 aliphatic rings. The molecule has 10 aromatic rings. The van der Waals surface area contributed by atoms with Crippen LogP contribution in [0.1, 0.15) is 61.2 Å². The Morgan fingerprint density at radius 1 is 0.522 bits per heavy atom. The third-order valence-electron chi connectivity index (χ3n) is 14.0. The van der Waals surface area contributed by atoms with Crippen molar-refractivity contribution in [2.45, 2.75) is 37.9 Å². The van der Waals surface area contributed by atoms with Gasteiger partial charge in [0.2, 0.25) is 0 Å². The lowest BCUT2D eigenvalue weighted by molar-refractivity contribution is 0.145. The number of rotatable bonds is 4. The van der Waals surface area contributed by atoms with Gasteiger partial charge in [-0.3, -0.25) is 0 Å². The van der Waals surface area contributed by atoms with Crippen molar-refractivity contribution in [2.24, 2.45) is 0 Å². The highest BCUT2D eigenvalue weighted by molar-refractivity contribution is 6.05. The van der Waals surface area contributed by atoms with Crippen LogP contribution in [0.25, 0.3) is 49.9 Å². The predicted octanol–water partition coefficient (Wildman–Crippen LogP) is 15.0. The second-order valence-electron chi connectivity index (χ2n) is 18.3. The van der Waals surface area contributed by atoms with E-state index in [0.717, 1.165) is 40.7 Å². The summed E-state index contributed by atoms with van der Waals surface area (Å²) in [5.74, 6) is 3.86. The topological polar surface area (TPSA) is 49.7 Å². The second-order valence-corrected chi connectivity index (χ2v) is 18.3. The van der Waals surface area contributed by atoms with Crippen LogP contribution in [0.3, 0.4) is 0 Å². The average Bonchev–Trinajstić information content (AvgIpc) is 4.00. The molecule has 1 aliphatic heterocycles. The fraction of sp³-hybridized carbons (Fsp3) is 0.0909. The highest BCUT2D eigenvalue weighted by Gasteiger charge is 2.40. The lowest BCUT2D eigenvalue weighted by Crippen LogP contribution is -2.34. The maximum absolute atomic E-state index is 10.5. The van der Waals surface area contributed by atoms with Gasteiger partial charge in [-0.05, 0) is 99.8 Å². The SMILES string of the molecule is C#CC(O)(c1ccccc1)c1ccccc1.Cc1ccc2c3c(c(O)cc2c1)-c1ccccc1C3.Cc1ccc2c3c(c4c(c2c1)C=CC(c1ccccc1)(c1ccccc1)O4)-c1ccccc1C3. The number of aromatic hydroxyl groups is 1. The summed E-state index contributed by atoms with van der Waals surface area (Å²) >= 11 is 0. The van der Waals surface area contributed by atoms with Crippen molar-refractivity contribution in [1.82, 2.24) is 0 Å².